The SMILES string of the molecule is N#Cc1c(-c2ccn[nH]2)n(-c2ccc(O)cc2)c2ccccc12. The number of phenols is 1. The van der Waals surface area contributed by atoms with Gasteiger partial charge in [0.25, 0.3) is 0 Å². The average Bonchev–Trinajstić information content (AvgIpc) is 3.21. The molecule has 5 nitrogen and oxygen atoms in total. The quantitative estimate of drug-likeness (QED) is 0.593. The molecule has 4 aromatic rings. The van der Waals surface area contributed by atoms with Crippen LogP contribution in [0.1, 0.15) is 5.56 Å². The van der Waals surface area contributed by atoms with Gasteiger partial charge in [0.1, 0.15) is 11.8 Å². The number of benzene rings is 2. The van der Waals surface area contributed by atoms with Crippen LogP contribution in [0, 0.1) is 11.3 Å². The molecule has 0 saturated heterocycles. The molecule has 0 amide bonds. The van der Waals surface area contributed by atoms with E-state index in [-0.39, 0.29) is 5.75 Å². The van der Waals surface area contributed by atoms with Gasteiger partial charge in [-0.15, -0.1) is 0 Å². The van der Waals surface area contributed by atoms with Gasteiger partial charge in [0.2, 0.25) is 0 Å². The Morgan fingerprint density at radius 2 is 1.83 bits per heavy atom. The van der Waals surface area contributed by atoms with Crippen LogP contribution in [0.3, 0.4) is 0 Å². The topological polar surface area (TPSA) is 77.6 Å². The third-order valence-corrected chi connectivity index (χ3v) is 3.85. The number of para-hydroxylation sites is 1. The molecular weight excluding hydrogens is 288 g/mol. The molecule has 0 atom stereocenters. The van der Waals surface area contributed by atoms with Gasteiger partial charge in [-0.1, -0.05) is 18.2 Å². The fourth-order valence-electron chi connectivity index (χ4n) is 2.87. The van der Waals surface area contributed by atoms with Crippen LogP contribution in [-0.2, 0) is 0 Å². The number of nitriles is 1. The molecule has 0 radical (unpaired) electrons. The number of nitrogens with one attached hydrogen (secondary N) is 1. The molecule has 0 aliphatic rings. The van der Waals surface area contributed by atoms with Gasteiger partial charge in [-0.05, 0) is 36.4 Å². The summed E-state index contributed by atoms with van der Waals surface area (Å²) in [6.45, 7) is 0. The second-order valence-corrected chi connectivity index (χ2v) is 5.17. The molecule has 23 heavy (non-hydrogen) atoms. The monoisotopic (exact) mass is 300 g/mol. The molecule has 0 saturated carbocycles. The number of fused-ring (bicyclic) bond motifs is 1. The maximum atomic E-state index is 9.68. The van der Waals surface area contributed by atoms with E-state index in [1.54, 1.807) is 18.3 Å². The first kappa shape index (κ1) is 13.2. The first-order valence-corrected chi connectivity index (χ1v) is 7.12. The average molecular weight is 300 g/mol. The predicted octanol–water partition coefficient (Wildman–Crippen LogP) is 3.60. The zero-order valence-corrected chi connectivity index (χ0v) is 12.1. The lowest BCUT2D eigenvalue weighted by atomic mass is 10.1. The summed E-state index contributed by atoms with van der Waals surface area (Å²) < 4.78 is 2.00. The smallest absolute Gasteiger partial charge is 0.115 e. The molecule has 0 aliphatic heterocycles. The van der Waals surface area contributed by atoms with Crippen molar-refractivity contribution in [1.29, 1.82) is 5.26 Å². The third-order valence-electron chi connectivity index (χ3n) is 3.85. The predicted molar refractivity (Wildman–Crippen MR) is 87.2 cm³/mol. The minimum atomic E-state index is 0.203. The summed E-state index contributed by atoms with van der Waals surface area (Å²) in [6.07, 6.45) is 1.66. The second kappa shape index (κ2) is 5.04. The van der Waals surface area contributed by atoms with Crippen molar-refractivity contribution in [1.82, 2.24) is 14.8 Å². The summed E-state index contributed by atoms with van der Waals surface area (Å²) in [5.74, 6) is 0.203. The van der Waals surface area contributed by atoms with E-state index in [0.717, 1.165) is 28.0 Å². The van der Waals surface area contributed by atoms with Gasteiger partial charge >= 0.3 is 0 Å². The molecule has 0 fully saturated rings. The lowest BCUT2D eigenvalue weighted by Crippen LogP contribution is -1.97. The van der Waals surface area contributed by atoms with Crippen LogP contribution in [0.15, 0.2) is 60.8 Å². The molecule has 2 aromatic carbocycles. The van der Waals surface area contributed by atoms with Gasteiger partial charge in [0, 0.05) is 17.3 Å². The molecule has 2 N–H and O–H groups in total. The van der Waals surface area contributed by atoms with E-state index in [9.17, 15) is 10.4 Å². The first-order chi connectivity index (χ1) is 11.3. The number of hydrogen-bond donors (Lipinski definition) is 2. The van der Waals surface area contributed by atoms with E-state index >= 15 is 0 Å². The standard InChI is InChI=1S/C18H12N4O/c19-11-15-14-3-1-2-4-17(14)22(12-5-7-13(23)8-6-12)18(15)16-9-10-20-21-16/h1-10,23H,(H,20,21). The number of nitrogens with zero attached hydrogens (tertiary/aromatic N) is 3. The minimum absolute atomic E-state index is 0.203. The molecule has 110 valence electrons. The van der Waals surface area contributed by atoms with Crippen molar-refractivity contribution in [3.8, 4) is 28.9 Å². The molecule has 2 heterocycles. The van der Waals surface area contributed by atoms with E-state index in [4.69, 9.17) is 0 Å². The number of hydrogen-bond acceptors (Lipinski definition) is 3. The Hall–Kier alpha value is -3.52. The van der Waals surface area contributed by atoms with Crippen molar-refractivity contribution in [3.63, 3.8) is 0 Å². The minimum Gasteiger partial charge on any atom is -0.508 e. The number of phenolic OH excluding ortho intramolecular Hbond substituents is 1. The van der Waals surface area contributed by atoms with Crippen molar-refractivity contribution in [2.45, 2.75) is 0 Å². The van der Waals surface area contributed by atoms with Gasteiger partial charge in [0.15, 0.2) is 0 Å². The van der Waals surface area contributed by atoms with E-state index in [1.165, 1.54) is 0 Å². The molecule has 0 unspecified atom stereocenters. The Balaban J connectivity index is 2.15. The molecule has 4 rings (SSSR count). The van der Waals surface area contributed by atoms with E-state index in [1.807, 2.05) is 47.0 Å². The molecule has 5 heteroatoms. The number of aromatic hydroxyl groups is 1. The summed E-state index contributed by atoms with van der Waals surface area (Å²) in [5.41, 5.74) is 3.92. The fraction of sp³-hybridized carbons (Fsp3) is 0. The van der Waals surface area contributed by atoms with E-state index in [2.05, 4.69) is 16.3 Å². The Kier molecular flexibility index (Phi) is 2.88. The number of aromatic nitrogens is 3. The summed E-state index contributed by atoms with van der Waals surface area (Å²) in [7, 11) is 0. The number of aromatic amines is 1. The van der Waals surface area contributed by atoms with Crippen LogP contribution in [-0.4, -0.2) is 19.9 Å². The summed E-state index contributed by atoms with van der Waals surface area (Å²) in [6, 6.07) is 18.8. The highest BCUT2D eigenvalue weighted by Crippen LogP contribution is 2.35. The lowest BCUT2D eigenvalue weighted by molar-refractivity contribution is 0.475. The second-order valence-electron chi connectivity index (χ2n) is 5.17. The highest BCUT2D eigenvalue weighted by atomic mass is 16.3. The van der Waals surface area contributed by atoms with Gasteiger partial charge in [0.05, 0.1) is 22.5 Å². The third kappa shape index (κ3) is 1.97. The number of rotatable bonds is 2. The molecular formula is C18H12N4O. The maximum Gasteiger partial charge on any atom is 0.115 e. The van der Waals surface area contributed by atoms with Crippen molar-refractivity contribution in [2.75, 3.05) is 0 Å². The zero-order chi connectivity index (χ0) is 15.8. The zero-order valence-electron chi connectivity index (χ0n) is 12.1. The largest absolute Gasteiger partial charge is 0.508 e. The van der Waals surface area contributed by atoms with Crippen LogP contribution >= 0.6 is 0 Å². The van der Waals surface area contributed by atoms with Crippen LogP contribution < -0.4 is 0 Å². The molecule has 2 aromatic heterocycles. The van der Waals surface area contributed by atoms with Gasteiger partial charge in [-0.25, -0.2) is 0 Å². The van der Waals surface area contributed by atoms with E-state index in [0.29, 0.717) is 5.56 Å². The molecule has 0 bridgehead atoms. The van der Waals surface area contributed by atoms with Crippen LogP contribution in [0.25, 0.3) is 28.0 Å². The lowest BCUT2D eigenvalue weighted by Gasteiger charge is -2.10. The van der Waals surface area contributed by atoms with Gasteiger partial charge in [-0.2, -0.15) is 10.4 Å². The Bertz CT molecular complexity index is 1020. The van der Waals surface area contributed by atoms with Crippen molar-refractivity contribution in [2.24, 2.45) is 0 Å². The van der Waals surface area contributed by atoms with Crippen LogP contribution in [0.5, 0.6) is 5.75 Å². The maximum absolute atomic E-state index is 9.68. The van der Waals surface area contributed by atoms with Crippen molar-refractivity contribution < 1.29 is 5.11 Å². The van der Waals surface area contributed by atoms with Gasteiger partial charge in [-0.3, -0.25) is 5.10 Å². The summed E-state index contributed by atoms with van der Waals surface area (Å²) in [5, 5.41) is 27.1. The first-order valence-electron chi connectivity index (χ1n) is 7.12. The number of H-pyrrole nitrogens is 1. The van der Waals surface area contributed by atoms with Crippen LogP contribution in [0.2, 0.25) is 0 Å². The highest BCUT2D eigenvalue weighted by Gasteiger charge is 2.20. The van der Waals surface area contributed by atoms with Crippen molar-refractivity contribution >= 4 is 10.9 Å². The Morgan fingerprint density at radius 3 is 2.52 bits per heavy atom. The Labute approximate surface area is 132 Å². The van der Waals surface area contributed by atoms with E-state index < -0.39 is 0 Å². The Morgan fingerprint density at radius 1 is 1.04 bits per heavy atom. The molecule has 0 aliphatic carbocycles. The fourth-order valence-corrected chi connectivity index (χ4v) is 2.87. The highest BCUT2D eigenvalue weighted by molar-refractivity contribution is 5.95. The normalized spacial score (nSPS) is 10.7. The summed E-state index contributed by atoms with van der Waals surface area (Å²) >= 11 is 0. The molecule has 0 spiro atoms. The van der Waals surface area contributed by atoms with Gasteiger partial charge < -0.3 is 9.67 Å². The van der Waals surface area contributed by atoms with Crippen molar-refractivity contribution in [3.05, 3.63) is 66.4 Å². The summed E-state index contributed by atoms with van der Waals surface area (Å²) in [4.78, 5) is 0. The van der Waals surface area contributed by atoms with Crippen LogP contribution in [0.4, 0.5) is 0 Å².